The van der Waals surface area contributed by atoms with Crippen LogP contribution in [0.4, 0.5) is 0 Å². The Morgan fingerprint density at radius 1 is 1.15 bits per heavy atom. The van der Waals surface area contributed by atoms with Crippen molar-refractivity contribution < 1.29 is 14.6 Å². The maximum Gasteiger partial charge on any atom is 0.275 e. The topological polar surface area (TPSA) is 97.4 Å². The molecule has 1 amide bonds. The number of nitrogens with one attached hydrogen (secondary N) is 1. The number of para-hydroxylation sites is 1. The molecule has 2 aromatic heterocycles. The number of carbonyl (C=O) groups is 1. The Bertz CT molecular complexity index is 1450. The largest absolute Gasteiger partial charge is 0.385 e. The second kappa shape index (κ2) is 11.5. The van der Waals surface area contributed by atoms with Gasteiger partial charge in [-0.15, -0.1) is 0 Å². The fourth-order valence-corrected chi connectivity index (χ4v) is 6.55. The van der Waals surface area contributed by atoms with Crippen molar-refractivity contribution in [2.45, 2.75) is 56.3 Å². The molecule has 0 spiro atoms. The predicted molar refractivity (Wildman–Crippen MR) is 154 cm³/mol. The monoisotopic (exact) mass is 542 g/mol. The summed E-state index contributed by atoms with van der Waals surface area (Å²) >= 11 is 0. The molecule has 1 aliphatic heterocycles. The van der Waals surface area contributed by atoms with Crippen LogP contribution in [0.1, 0.15) is 48.6 Å². The molecule has 9 nitrogen and oxygen atoms in total. The smallest absolute Gasteiger partial charge is 0.275 e. The van der Waals surface area contributed by atoms with Crippen molar-refractivity contribution in [3.05, 3.63) is 72.8 Å². The highest BCUT2D eigenvalue weighted by atomic mass is 16.5. The zero-order chi connectivity index (χ0) is 27.5. The van der Waals surface area contributed by atoms with Crippen molar-refractivity contribution in [2.24, 2.45) is 0 Å². The second-order valence-electron chi connectivity index (χ2n) is 11.1. The summed E-state index contributed by atoms with van der Waals surface area (Å²) in [5, 5.41) is 20.8. The summed E-state index contributed by atoms with van der Waals surface area (Å²) in [6.07, 6.45) is 7.84. The Morgan fingerprint density at radius 3 is 2.83 bits per heavy atom. The number of aromatic nitrogens is 4. The zero-order valence-electron chi connectivity index (χ0n) is 23.1. The number of ether oxygens (including phenoxy) is 1. The minimum Gasteiger partial charge on any atom is -0.385 e. The highest BCUT2D eigenvalue weighted by Gasteiger charge is 2.42. The molecule has 0 radical (unpaired) electrons. The van der Waals surface area contributed by atoms with Crippen molar-refractivity contribution >= 4 is 16.8 Å². The number of aryl methyl sites for hydroxylation is 1. The van der Waals surface area contributed by atoms with Crippen LogP contribution in [-0.4, -0.2) is 80.2 Å². The Kier molecular flexibility index (Phi) is 7.69. The maximum absolute atomic E-state index is 14.3. The summed E-state index contributed by atoms with van der Waals surface area (Å²) in [4.78, 5) is 21.0. The molecule has 1 saturated heterocycles. The SMILES string of the molecule is COC[C@]1(O)CCCC[C@H]1n1cnc(C(=O)N2CCNC[C@H]2CCn2ncc3ccccc32)c1-c1ccccc1. The zero-order valence-corrected chi connectivity index (χ0v) is 23.1. The van der Waals surface area contributed by atoms with Gasteiger partial charge in [0.25, 0.3) is 5.91 Å². The van der Waals surface area contributed by atoms with Crippen molar-refractivity contribution in [3.63, 3.8) is 0 Å². The number of hydrogen-bond donors (Lipinski definition) is 2. The number of aliphatic hydroxyl groups is 1. The predicted octanol–water partition coefficient (Wildman–Crippen LogP) is 3.90. The summed E-state index contributed by atoms with van der Waals surface area (Å²) in [6.45, 7) is 3.04. The van der Waals surface area contributed by atoms with Crippen molar-refractivity contribution in [2.75, 3.05) is 33.4 Å². The van der Waals surface area contributed by atoms with E-state index in [1.165, 1.54) is 0 Å². The van der Waals surface area contributed by atoms with Crippen molar-refractivity contribution in [3.8, 4) is 11.3 Å². The lowest BCUT2D eigenvalue weighted by molar-refractivity contribution is -0.0893. The first-order valence-corrected chi connectivity index (χ1v) is 14.3. The lowest BCUT2D eigenvalue weighted by Crippen LogP contribution is -2.54. The third-order valence-corrected chi connectivity index (χ3v) is 8.57. The van der Waals surface area contributed by atoms with Crippen LogP contribution in [0.2, 0.25) is 0 Å². The number of piperazine rings is 1. The van der Waals surface area contributed by atoms with Crippen LogP contribution >= 0.6 is 0 Å². The van der Waals surface area contributed by atoms with Gasteiger partial charge in [0.15, 0.2) is 5.69 Å². The average Bonchev–Trinajstić information content (AvgIpc) is 3.61. The molecule has 2 aromatic carbocycles. The molecule has 0 bridgehead atoms. The first-order chi connectivity index (χ1) is 19.6. The van der Waals surface area contributed by atoms with E-state index in [9.17, 15) is 9.90 Å². The number of amides is 1. The Morgan fingerprint density at radius 2 is 1.98 bits per heavy atom. The highest BCUT2D eigenvalue weighted by Crippen LogP contribution is 2.41. The van der Waals surface area contributed by atoms with Gasteiger partial charge in [-0.1, -0.05) is 61.4 Å². The molecular formula is C31H38N6O3. The molecule has 1 saturated carbocycles. The third kappa shape index (κ3) is 5.05. The molecule has 2 aliphatic rings. The second-order valence-corrected chi connectivity index (χ2v) is 11.1. The van der Waals surface area contributed by atoms with E-state index >= 15 is 0 Å². The number of methoxy groups -OCH3 is 1. The normalized spacial score (nSPS) is 23.5. The van der Waals surface area contributed by atoms with Crippen LogP contribution in [-0.2, 0) is 11.3 Å². The van der Waals surface area contributed by atoms with Gasteiger partial charge in [0, 0.05) is 50.3 Å². The molecule has 3 heterocycles. The Hall–Kier alpha value is -3.53. The molecule has 210 valence electrons. The van der Waals surface area contributed by atoms with E-state index in [2.05, 4.69) is 22.5 Å². The number of fused-ring (bicyclic) bond motifs is 1. The summed E-state index contributed by atoms with van der Waals surface area (Å²) < 4.78 is 9.52. The summed E-state index contributed by atoms with van der Waals surface area (Å²) in [6, 6.07) is 17.9. The lowest BCUT2D eigenvalue weighted by Gasteiger charge is -2.41. The van der Waals surface area contributed by atoms with Gasteiger partial charge in [0.05, 0.1) is 36.4 Å². The summed E-state index contributed by atoms with van der Waals surface area (Å²) in [7, 11) is 1.63. The molecule has 6 rings (SSSR count). The third-order valence-electron chi connectivity index (χ3n) is 8.57. The molecule has 2 N–H and O–H groups in total. The van der Waals surface area contributed by atoms with Gasteiger partial charge in [-0.25, -0.2) is 4.98 Å². The van der Waals surface area contributed by atoms with E-state index in [1.54, 1.807) is 13.4 Å². The van der Waals surface area contributed by atoms with Gasteiger partial charge in [0.2, 0.25) is 0 Å². The molecule has 1 aliphatic carbocycles. The maximum atomic E-state index is 14.3. The van der Waals surface area contributed by atoms with E-state index < -0.39 is 5.60 Å². The number of carbonyl (C=O) groups excluding carboxylic acids is 1. The Balaban J connectivity index is 1.32. The van der Waals surface area contributed by atoms with Crippen LogP contribution in [0.25, 0.3) is 22.2 Å². The number of nitrogens with zero attached hydrogens (tertiary/aromatic N) is 5. The van der Waals surface area contributed by atoms with Gasteiger partial charge in [-0.2, -0.15) is 5.10 Å². The molecule has 0 unspecified atom stereocenters. The first kappa shape index (κ1) is 26.7. The fourth-order valence-electron chi connectivity index (χ4n) is 6.55. The van der Waals surface area contributed by atoms with E-state index in [4.69, 9.17) is 9.72 Å². The van der Waals surface area contributed by atoms with Crippen LogP contribution in [0.5, 0.6) is 0 Å². The Labute approximate surface area is 234 Å². The molecule has 40 heavy (non-hydrogen) atoms. The standard InChI is InChI=1S/C31H38N6O3/c1-40-21-31(39)15-8-7-13-27(31)36-22-33-28(29(36)23-9-3-2-4-10-23)30(38)35-18-16-32-20-25(35)14-17-37-26-12-6-5-11-24(26)19-34-37/h2-6,9-12,19,22,25,27,32,39H,7-8,13-18,20-21H2,1H3/t25-,27-,31-/m1/s1. The van der Waals surface area contributed by atoms with E-state index in [-0.39, 0.29) is 24.6 Å². The fraction of sp³-hybridized carbons (Fsp3) is 0.452. The minimum atomic E-state index is -1.01. The van der Waals surface area contributed by atoms with E-state index in [0.29, 0.717) is 18.7 Å². The molecule has 9 heteroatoms. The van der Waals surface area contributed by atoms with Crippen LogP contribution in [0, 0.1) is 0 Å². The van der Waals surface area contributed by atoms with E-state index in [0.717, 1.165) is 67.5 Å². The van der Waals surface area contributed by atoms with Crippen LogP contribution in [0.3, 0.4) is 0 Å². The van der Waals surface area contributed by atoms with Gasteiger partial charge >= 0.3 is 0 Å². The number of hydrogen-bond acceptors (Lipinski definition) is 6. The molecule has 2 fully saturated rings. The quantitative estimate of drug-likeness (QED) is 0.351. The van der Waals surface area contributed by atoms with Crippen LogP contribution < -0.4 is 5.32 Å². The number of imidazole rings is 1. The van der Waals surface area contributed by atoms with Gasteiger partial charge in [-0.3, -0.25) is 9.48 Å². The molecule has 3 atom stereocenters. The lowest BCUT2D eigenvalue weighted by atomic mass is 9.80. The minimum absolute atomic E-state index is 0.0121. The van der Waals surface area contributed by atoms with Crippen LogP contribution in [0.15, 0.2) is 67.1 Å². The van der Waals surface area contributed by atoms with Crippen molar-refractivity contribution in [1.82, 2.24) is 29.5 Å². The van der Waals surface area contributed by atoms with E-state index in [1.807, 2.05) is 62.8 Å². The van der Waals surface area contributed by atoms with Gasteiger partial charge < -0.3 is 24.6 Å². The highest BCUT2D eigenvalue weighted by molar-refractivity contribution is 5.98. The van der Waals surface area contributed by atoms with Gasteiger partial charge in [-0.05, 0) is 25.3 Å². The summed E-state index contributed by atoms with van der Waals surface area (Å²) in [5.74, 6) is -0.0690. The molecule has 4 aromatic rings. The average molecular weight is 543 g/mol. The first-order valence-electron chi connectivity index (χ1n) is 14.3. The summed E-state index contributed by atoms with van der Waals surface area (Å²) in [5.41, 5.74) is 2.21. The molecular weight excluding hydrogens is 504 g/mol. The van der Waals surface area contributed by atoms with Crippen molar-refractivity contribution in [1.29, 1.82) is 0 Å². The number of benzene rings is 2. The van der Waals surface area contributed by atoms with Gasteiger partial charge in [0.1, 0.15) is 5.60 Å². The number of rotatable bonds is 8.